The quantitative estimate of drug-likeness (QED) is 0.203. The van der Waals surface area contributed by atoms with Gasteiger partial charge in [0.1, 0.15) is 0 Å². The molecule has 0 aromatic carbocycles. The SMILES string of the molecule is C=CC(=O)C(=O)CCS(=O)(=O)[O-].[Na+]. The molecule has 0 atom stereocenters. The standard InChI is InChI=1S/C6H8O5S.Na/c1-2-5(7)6(8)3-4-12(9,10)11;/h2H,1,3-4H2,(H,9,10,11);/q;+1/p-1. The van der Waals surface area contributed by atoms with Crippen molar-refractivity contribution in [3.63, 3.8) is 0 Å². The van der Waals surface area contributed by atoms with Crippen LogP contribution in [0.15, 0.2) is 12.7 Å². The molecular formula is C6H7NaO5S. The van der Waals surface area contributed by atoms with E-state index >= 15 is 0 Å². The number of allylic oxidation sites excluding steroid dienone is 1. The summed E-state index contributed by atoms with van der Waals surface area (Å²) in [4.78, 5) is 21.1. The number of rotatable bonds is 5. The van der Waals surface area contributed by atoms with E-state index in [2.05, 4.69) is 6.58 Å². The molecule has 0 aliphatic rings. The van der Waals surface area contributed by atoms with E-state index in [0.717, 1.165) is 6.08 Å². The van der Waals surface area contributed by atoms with Gasteiger partial charge in [0, 0.05) is 12.2 Å². The summed E-state index contributed by atoms with van der Waals surface area (Å²) in [5.74, 6) is -2.63. The summed E-state index contributed by atoms with van der Waals surface area (Å²) in [5, 5.41) is 0. The van der Waals surface area contributed by atoms with E-state index < -0.39 is 33.9 Å². The normalized spacial score (nSPS) is 9.92. The number of ketones is 2. The molecule has 0 N–H and O–H groups in total. The average Bonchev–Trinajstić information content (AvgIpc) is 1.97. The van der Waals surface area contributed by atoms with Crippen LogP contribution < -0.4 is 29.6 Å². The summed E-state index contributed by atoms with van der Waals surface area (Å²) in [5.41, 5.74) is 0. The number of hydrogen-bond donors (Lipinski definition) is 0. The van der Waals surface area contributed by atoms with Gasteiger partial charge in [-0.3, -0.25) is 9.59 Å². The Morgan fingerprint density at radius 2 is 1.85 bits per heavy atom. The van der Waals surface area contributed by atoms with Gasteiger partial charge >= 0.3 is 29.6 Å². The Balaban J connectivity index is 0. The fraction of sp³-hybridized carbons (Fsp3) is 0.333. The molecule has 0 radical (unpaired) electrons. The molecule has 13 heavy (non-hydrogen) atoms. The van der Waals surface area contributed by atoms with Gasteiger partial charge < -0.3 is 4.55 Å². The molecule has 0 aliphatic carbocycles. The van der Waals surface area contributed by atoms with Gasteiger partial charge in [0.2, 0.25) is 11.6 Å². The van der Waals surface area contributed by atoms with Crippen LogP contribution in [0.4, 0.5) is 0 Å². The Morgan fingerprint density at radius 3 is 2.15 bits per heavy atom. The second-order valence-electron chi connectivity index (χ2n) is 2.00. The fourth-order valence-electron chi connectivity index (χ4n) is 0.455. The third-order valence-electron chi connectivity index (χ3n) is 1.04. The van der Waals surface area contributed by atoms with E-state index in [1.165, 1.54) is 0 Å². The number of hydrogen-bond acceptors (Lipinski definition) is 5. The predicted molar refractivity (Wildman–Crippen MR) is 39.4 cm³/mol. The number of carbonyl (C=O) groups is 2. The van der Waals surface area contributed by atoms with Crippen molar-refractivity contribution in [2.45, 2.75) is 6.42 Å². The molecule has 0 aromatic rings. The van der Waals surface area contributed by atoms with Gasteiger partial charge in [-0.2, -0.15) is 0 Å². The third-order valence-corrected chi connectivity index (χ3v) is 1.74. The van der Waals surface area contributed by atoms with Crippen molar-refractivity contribution in [1.82, 2.24) is 0 Å². The van der Waals surface area contributed by atoms with Crippen molar-refractivity contribution in [3.05, 3.63) is 12.7 Å². The van der Waals surface area contributed by atoms with E-state index in [1.807, 2.05) is 0 Å². The Labute approximate surface area is 98.2 Å². The fourth-order valence-corrected chi connectivity index (χ4v) is 0.890. The molecule has 68 valence electrons. The van der Waals surface area contributed by atoms with Crippen molar-refractivity contribution < 1.29 is 52.1 Å². The molecule has 0 aromatic heterocycles. The van der Waals surface area contributed by atoms with Gasteiger partial charge in [-0.05, 0) is 6.08 Å². The van der Waals surface area contributed by atoms with Gasteiger partial charge in [-0.15, -0.1) is 0 Å². The van der Waals surface area contributed by atoms with E-state index in [0.29, 0.717) is 0 Å². The Bertz CT molecular complexity index is 305. The summed E-state index contributed by atoms with van der Waals surface area (Å²) in [6.45, 7) is 3.03. The van der Waals surface area contributed by atoms with E-state index in [9.17, 15) is 22.6 Å². The maximum Gasteiger partial charge on any atom is 1.00 e. The van der Waals surface area contributed by atoms with Gasteiger partial charge in [0.05, 0.1) is 10.1 Å². The summed E-state index contributed by atoms with van der Waals surface area (Å²) < 4.78 is 30.0. The van der Waals surface area contributed by atoms with Crippen LogP contribution in [0.1, 0.15) is 6.42 Å². The second-order valence-corrected chi connectivity index (χ2v) is 3.53. The Hall–Kier alpha value is -0.0100. The molecular weight excluding hydrogens is 207 g/mol. The van der Waals surface area contributed by atoms with Gasteiger partial charge in [-0.1, -0.05) is 6.58 Å². The van der Waals surface area contributed by atoms with Gasteiger partial charge in [0.25, 0.3) is 0 Å². The minimum absolute atomic E-state index is 0. The Kier molecular flexibility index (Phi) is 7.67. The second kappa shape index (κ2) is 6.44. The van der Waals surface area contributed by atoms with Crippen molar-refractivity contribution >= 4 is 21.7 Å². The molecule has 0 bridgehead atoms. The zero-order valence-corrected chi connectivity index (χ0v) is 9.96. The first-order valence-electron chi connectivity index (χ1n) is 3.00. The molecule has 0 fully saturated rings. The smallest absolute Gasteiger partial charge is 0.748 e. The van der Waals surface area contributed by atoms with Crippen LogP contribution in [0.2, 0.25) is 0 Å². The van der Waals surface area contributed by atoms with E-state index in [4.69, 9.17) is 0 Å². The number of Topliss-reactive ketones (excluding diaryl/α,β-unsaturated/α-hetero) is 1. The van der Waals surface area contributed by atoms with Crippen LogP contribution >= 0.6 is 0 Å². The minimum Gasteiger partial charge on any atom is -0.748 e. The van der Waals surface area contributed by atoms with Crippen LogP contribution in [0.25, 0.3) is 0 Å². The first-order chi connectivity index (χ1) is 5.37. The van der Waals surface area contributed by atoms with Crippen LogP contribution in [0.3, 0.4) is 0 Å². The van der Waals surface area contributed by atoms with E-state index in [-0.39, 0.29) is 29.6 Å². The summed E-state index contributed by atoms with van der Waals surface area (Å²) in [7, 11) is -4.42. The van der Waals surface area contributed by atoms with Crippen molar-refractivity contribution in [1.29, 1.82) is 0 Å². The monoisotopic (exact) mass is 214 g/mol. The molecule has 0 heterocycles. The predicted octanol–water partition coefficient (Wildman–Crippen LogP) is -3.75. The zero-order valence-electron chi connectivity index (χ0n) is 7.15. The third kappa shape index (κ3) is 8.32. The summed E-state index contributed by atoms with van der Waals surface area (Å²) in [6, 6.07) is 0. The maximum atomic E-state index is 10.6. The van der Waals surface area contributed by atoms with Crippen LogP contribution in [-0.4, -0.2) is 30.3 Å². The van der Waals surface area contributed by atoms with Crippen LogP contribution in [0, 0.1) is 0 Å². The first-order valence-corrected chi connectivity index (χ1v) is 4.57. The molecule has 0 amide bonds. The largest absolute Gasteiger partial charge is 1.00 e. The molecule has 0 saturated heterocycles. The molecule has 0 saturated carbocycles. The first kappa shape index (κ1) is 15.5. The molecule has 0 aliphatic heterocycles. The van der Waals surface area contributed by atoms with Crippen LogP contribution in [-0.2, 0) is 19.7 Å². The van der Waals surface area contributed by atoms with Crippen molar-refractivity contribution in [2.75, 3.05) is 5.75 Å². The topological polar surface area (TPSA) is 91.3 Å². The number of carbonyl (C=O) groups excluding carboxylic acids is 2. The Morgan fingerprint density at radius 1 is 1.38 bits per heavy atom. The average molecular weight is 214 g/mol. The summed E-state index contributed by atoms with van der Waals surface area (Å²) >= 11 is 0. The molecule has 0 spiro atoms. The maximum absolute atomic E-state index is 10.6. The van der Waals surface area contributed by atoms with Gasteiger partial charge in [-0.25, -0.2) is 8.42 Å². The molecule has 7 heteroatoms. The van der Waals surface area contributed by atoms with E-state index in [1.54, 1.807) is 0 Å². The van der Waals surface area contributed by atoms with Crippen molar-refractivity contribution in [3.8, 4) is 0 Å². The van der Waals surface area contributed by atoms with Crippen LogP contribution in [0.5, 0.6) is 0 Å². The summed E-state index contributed by atoms with van der Waals surface area (Å²) in [6.07, 6.45) is 0.205. The van der Waals surface area contributed by atoms with Crippen molar-refractivity contribution in [2.24, 2.45) is 0 Å². The molecule has 0 unspecified atom stereocenters. The zero-order chi connectivity index (χ0) is 9.78. The molecule has 5 nitrogen and oxygen atoms in total. The molecule has 0 rings (SSSR count). The minimum atomic E-state index is -4.42. The van der Waals surface area contributed by atoms with Gasteiger partial charge in [0.15, 0.2) is 0 Å².